The van der Waals surface area contributed by atoms with Crippen LogP contribution in [0.5, 0.6) is 0 Å². The van der Waals surface area contributed by atoms with Gasteiger partial charge < -0.3 is 10.4 Å². The van der Waals surface area contributed by atoms with Crippen molar-refractivity contribution in [3.63, 3.8) is 0 Å². The number of rotatable bonds is 3. The molecule has 0 atom stereocenters. The molecule has 1 heterocycles. The van der Waals surface area contributed by atoms with E-state index in [1.165, 1.54) is 17.4 Å². The number of amides is 1. The molecular formula is C18H16N2O3S. The zero-order valence-electron chi connectivity index (χ0n) is 13.2. The van der Waals surface area contributed by atoms with Crippen LogP contribution in [0.1, 0.15) is 55.1 Å². The van der Waals surface area contributed by atoms with Gasteiger partial charge >= 0.3 is 5.97 Å². The van der Waals surface area contributed by atoms with Gasteiger partial charge in [-0.25, -0.2) is 4.79 Å². The highest BCUT2D eigenvalue weighted by Crippen LogP contribution is 2.37. The summed E-state index contributed by atoms with van der Waals surface area (Å²) in [5.74, 6) is -1.64. The van der Waals surface area contributed by atoms with Gasteiger partial charge in [-0.3, -0.25) is 4.79 Å². The van der Waals surface area contributed by atoms with E-state index in [1.807, 2.05) is 0 Å². The number of fused-ring (bicyclic) bond motifs is 1. The maximum Gasteiger partial charge on any atom is 0.336 e. The Hall–Kier alpha value is -2.65. The number of thiophene rings is 1. The molecule has 0 unspecified atom stereocenters. The highest BCUT2D eigenvalue weighted by atomic mass is 32.1. The van der Waals surface area contributed by atoms with Gasteiger partial charge in [-0.15, -0.1) is 11.3 Å². The Morgan fingerprint density at radius 2 is 2.00 bits per heavy atom. The number of carboxylic acids is 1. The number of carboxylic acid groups (broad SMARTS) is 1. The Kier molecular flexibility index (Phi) is 4.36. The fraction of sp³-hybridized carbons (Fsp3) is 0.278. The molecule has 1 aromatic carbocycles. The number of hydrogen-bond acceptors (Lipinski definition) is 4. The van der Waals surface area contributed by atoms with E-state index in [0.29, 0.717) is 10.6 Å². The molecule has 24 heavy (non-hydrogen) atoms. The monoisotopic (exact) mass is 340 g/mol. The average Bonchev–Trinajstić information content (AvgIpc) is 2.91. The number of nitrogens with zero attached hydrogens (tertiary/aromatic N) is 1. The van der Waals surface area contributed by atoms with Crippen LogP contribution in [-0.4, -0.2) is 17.0 Å². The molecule has 0 fully saturated rings. The zero-order valence-corrected chi connectivity index (χ0v) is 14.0. The molecule has 1 aromatic heterocycles. The number of carbonyl (C=O) groups is 2. The summed E-state index contributed by atoms with van der Waals surface area (Å²) in [6.07, 6.45) is 3.92. The van der Waals surface area contributed by atoms with Gasteiger partial charge in [-0.2, -0.15) is 5.26 Å². The van der Waals surface area contributed by atoms with Crippen molar-refractivity contribution in [2.24, 2.45) is 0 Å². The fourth-order valence-corrected chi connectivity index (χ4v) is 4.21. The van der Waals surface area contributed by atoms with E-state index in [0.717, 1.165) is 41.7 Å². The van der Waals surface area contributed by atoms with Gasteiger partial charge in [0.1, 0.15) is 11.1 Å². The van der Waals surface area contributed by atoms with E-state index >= 15 is 0 Å². The van der Waals surface area contributed by atoms with Crippen molar-refractivity contribution in [3.05, 3.63) is 50.9 Å². The molecule has 1 aliphatic carbocycles. The number of hydrogen-bond donors (Lipinski definition) is 2. The number of nitriles is 1. The smallest absolute Gasteiger partial charge is 0.336 e. The van der Waals surface area contributed by atoms with Crippen LogP contribution in [0.2, 0.25) is 0 Å². The second-order valence-corrected chi connectivity index (χ2v) is 6.94. The molecule has 1 aliphatic rings. The van der Waals surface area contributed by atoms with Crippen LogP contribution in [0.25, 0.3) is 0 Å². The summed E-state index contributed by atoms with van der Waals surface area (Å²) in [5.41, 5.74) is 2.42. The maximum absolute atomic E-state index is 12.6. The lowest BCUT2D eigenvalue weighted by molar-refractivity contribution is 0.0692. The largest absolute Gasteiger partial charge is 0.478 e. The molecule has 0 saturated carbocycles. The summed E-state index contributed by atoms with van der Waals surface area (Å²) in [7, 11) is 0. The van der Waals surface area contributed by atoms with Crippen molar-refractivity contribution in [3.8, 4) is 6.07 Å². The summed E-state index contributed by atoms with van der Waals surface area (Å²) >= 11 is 1.43. The number of aryl methyl sites for hydroxylation is 2. The van der Waals surface area contributed by atoms with Crippen LogP contribution < -0.4 is 5.32 Å². The molecule has 3 rings (SSSR count). The first-order valence-electron chi connectivity index (χ1n) is 7.71. The summed E-state index contributed by atoms with van der Waals surface area (Å²) in [6, 6.07) is 6.83. The second-order valence-electron chi connectivity index (χ2n) is 5.84. The standard InChI is InChI=1S/C18H16N2O3S/c1-10-6-7-12(18(22)23)13(8-10)16(21)20-17-14(9-19)11-4-2-3-5-15(11)24-17/h6-8H,2-5H2,1H3,(H,20,21)(H,22,23). The minimum Gasteiger partial charge on any atom is -0.478 e. The van der Waals surface area contributed by atoms with Gasteiger partial charge in [-0.1, -0.05) is 11.6 Å². The Labute approximate surface area is 143 Å². The van der Waals surface area contributed by atoms with Crippen LogP contribution >= 0.6 is 11.3 Å². The predicted octanol–water partition coefficient (Wildman–Crippen LogP) is 3.76. The SMILES string of the molecule is Cc1ccc(C(=O)O)c(C(=O)Nc2sc3c(c2C#N)CCCC3)c1. The Morgan fingerprint density at radius 1 is 1.25 bits per heavy atom. The van der Waals surface area contributed by atoms with E-state index < -0.39 is 11.9 Å². The predicted molar refractivity (Wildman–Crippen MR) is 91.8 cm³/mol. The normalized spacial score (nSPS) is 13.0. The van der Waals surface area contributed by atoms with Gasteiger partial charge in [0.15, 0.2) is 0 Å². The zero-order chi connectivity index (χ0) is 17.3. The topological polar surface area (TPSA) is 90.2 Å². The summed E-state index contributed by atoms with van der Waals surface area (Å²) in [4.78, 5) is 25.1. The lowest BCUT2D eigenvalue weighted by Gasteiger charge is -2.09. The second kappa shape index (κ2) is 6.46. The quantitative estimate of drug-likeness (QED) is 0.890. The average molecular weight is 340 g/mol. The van der Waals surface area contributed by atoms with Crippen molar-refractivity contribution in [2.45, 2.75) is 32.6 Å². The first-order valence-corrected chi connectivity index (χ1v) is 8.53. The lowest BCUT2D eigenvalue weighted by atomic mass is 9.96. The van der Waals surface area contributed by atoms with E-state index in [9.17, 15) is 20.0 Å². The van der Waals surface area contributed by atoms with E-state index in [2.05, 4.69) is 11.4 Å². The minimum absolute atomic E-state index is 0.0436. The van der Waals surface area contributed by atoms with Crippen molar-refractivity contribution in [2.75, 3.05) is 5.32 Å². The van der Waals surface area contributed by atoms with Gasteiger partial charge in [0.25, 0.3) is 5.91 Å². The summed E-state index contributed by atoms with van der Waals surface area (Å²) in [6.45, 7) is 1.80. The molecule has 2 aromatic rings. The number of benzene rings is 1. The van der Waals surface area contributed by atoms with E-state index in [4.69, 9.17) is 0 Å². The molecular weight excluding hydrogens is 324 g/mol. The van der Waals surface area contributed by atoms with E-state index in [-0.39, 0.29) is 11.1 Å². The lowest BCUT2D eigenvalue weighted by Crippen LogP contribution is -2.16. The third kappa shape index (κ3) is 2.91. The van der Waals surface area contributed by atoms with Crippen molar-refractivity contribution >= 4 is 28.2 Å². The first kappa shape index (κ1) is 16.2. The summed E-state index contributed by atoms with van der Waals surface area (Å²) < 4.78 is 0. The number of aromatic carboxylic acids is 1. The molecule has 5 nitrogen and oxygen atoms in total. The summed E-state index contributed by atoms with van der Waals surface area (Å²) in [5, 5.41) is 22.0. The fourth-order valence-electron chi connectivity index (χ4n) is 2.98. The van der Waals surface area contributed by atoms with Gasteiger partial charge in [0.2, 0.25) is 0 Å². The van der Waals surface area contributed by atoms with Crippen LogP contribution in [0.4, 0.5) is 5.00 Å². The number of anilines is 1. The number of carbonyl (C=O) groups excluding carboxylic acids is 1. The highest BCUT2D eigenvalue weighted by Gasteiger charge is 2.23. The highest BCUT2D eigenvalue weighted by molar-refractivity contribution is 7.16. The molecule has 0 radical (unpaired) electrons. The Morgan fingerprint density at radius 3 is 2.71 bits per heavy atom. The van der Waals surface area contributed by atoms with Gasteiger partial charge in [0.05, 0.1) is 16.7 Å². The van der Waals surface area contributed by atoms with Crippen molar-refractivity contribution < 1.29 is 14.7 Å². The molecule has 0 saturated heterocycles. The van der Waals surface area contributed by atoms with Gasteiger partial charge in [-0.05, 0) is 50.3 Å². The molecule has 0 spiro atoms. The minimum atomic E-state index is -1.15. The molecule has 0 bridgehead atoms. The Bertz CT molecular complexity index is 877. The van der Waals surface area contributed by atoms with Crippen LogP contribution in [0.15, 0.2) is 18.2 Å². The Balaban J connectivity index is 1.97. The van der Waals surface area contributed by atoms with Gasteiger partial charge in [0, 0.05) is 4.88 Å². The third-order valence-electron chi connectivity index (χ3n) is 4.16. The maximum atomic E-state index is 12.6. The molecule has 6 heteroatoms. The first-order chi connectivity index (χ1) is 11.5. The van der Waals surface area contributed by atoms with Crippen LogP contribution in [-0.2, 0) is 12.8 Å². The molecule has 2 N–H and O–H groups in total. The van der Waals surface area contributed by atoms with Crippen LogP contribution in [0, 0.1) is 18.3 Å². The molecule has 0 aliphatic heterocycles. The van der Waals surface area contributed by atoms with Crippen molar-refractivity contribution in [1.82, 2.24) is 0 Å². The van der Waals surface area contributed by atoms with Crippen LogP contribution in [0.3, 0.4) is 0 Å². The van der Waals surface area contributed by atoms with E-state index in [1.54, 1.807) is 19.1 Å². The third-order valence-corrected chi connectivity index (χ3v) is 5.37. The molecule has 1 amide bonds. The molecule has 122 valence electrons. The van der Waals surface area contributed by atoms with Crippen molar-refractivity contribution in [1.29, 1.82) is 5.26 Å². The number of nitrogens with one attached hydrogen (secondary N) is 1.